The van der Waals surface area contributed by atoms with E-state index in [0.717, 1.165) is 38.4 Å². The number of rotatable bonds is 4. The summed E-state index contributed by atoms with van der Waals surface area (Å²) in [4.78, 5) is 20.7. The van der Waals surface area contributed by atoms with Crippen LogP contribution < -0.4 is 5.32 Å². The van der Waals surface area contributed by atoms with E-state index in [2.05, 4.69) is 17.4 Å². The molecule has 2 rings (SSSR count). The molecule has 6 heteroatoms. The first-order valence-electron chi connectivity index (χ1n) is 9.72. The van der Waals surface area contributed by atoms with E-state index in [1.54, 1.807) is 0 Å². The molecule has 1 aromatic carbocycles. The summed E-state index contributed by atoms with van der Waals surface area (Å²) >= 11 is 0. The molecule has 1 aliphatic heterocycles. The van der Waals surface area contributed by atoms with Crippen LogP contribution >= 0.6 is 0 Å². The van der Waals surface area contributed by atoms with Crippen molar-refractivity contribution >= 4 is 12.1 Å². The molecule has 6 nitrogen and oxygen atoms in total. The van der Waals surface area contributed by atoms with Gasteiger partial charge in [0.2, 0.25) is 0 Å². The fourth-order valence-electron chi connectivity index (χ4n) is 2.99. The van der Waals surface area contributed by atoms with Gasteiger partial charge in [-0.25, -0.2) is 9.79 Å². The minimum absolute atomic E-state index is 0.202. The lowest BCUT2D eigenvalue weighted by molar-refractivity contribution is 0.0185. The van der Waals surface area contributed by atoms with Crippen LogP contribution in [0.3, 0.4) is 0 Å². The molecular formula is C21H34N4O2. The highest BCUT2D eigenvalue weighted by atomic mass is 16.6. The number of hydrogen-bond donors (Lipinski definition) is 1. The van der Waals surface area contributed by atoms with Crippen LogP contribution in [0.25, 0.3) is 0 Å². The van der Waals surface area contributed by atoms with Gasteiger partial charge in [0, 0.05) is 33.7 Å². The van der Waals surface area contributed by atoms with Crippen LogP contribution in [0.4, 0.5) is 4.79 Å². The third-order valence-electron chi connectivity index (χ3n) is 4.49. The maximum Gasteiger partial charge on any atom is 0.410 e. The van der Waals surface area contributed by atoms with Crippen molar-refractivity contribution in [3.8, 4) is 0 Å². The highest BCUT2D eigenvalue weighted by Crippen LogP contribution is 2.19. The number of amides is 1. The van der Waals surface area contributed by atoms with Crippen molar-refractivity contribution in [2.75, 3.05) is 33.7 Å². The number of hydrogen-bond acceptors (Lipinski definition) is 3. The predicted molar refractivity (Wildman–Crippen MR) is 110 cm³/mol. The molecule has 27 heavy (non-hydrogen) atoms. The Labute approximate surface area is 163 Å². The Balaban J connectivity index is 1.79. The third-order valence-corrected chi connectivity index (χ3v) is 4.49. The number of nitrogens with zero attached hydrogens (tertiary/aromatic N) is 3. The fourth-order valence-corrected chi connectivity index (χ4v) is 2.99. The van der Waals surface area contributed by atoms with E-state index < -0.39 is 5.60 Å². The first kappa shape index (κ1) is 21.1. The van der Waals surface area contributed by atoms with Crippen LogP contribution in [-0.4, -0.2) is 61.2 Å². The molecule has 1 amide bonds. The van der Waals surface area contributed by atoms with Gasteiger partial charge in [0.1, 0.15) is 5.60 Å². The lowest BCUT2D eigenvalue weighted by Gasteiger charge is -2.34. The molecule has 1 aromatic rings. The van der Waals surface area contributed by atoms with Gasteiger partial charge in [0.25, 0.3) is 0 Å². The van der Waals surface area contributed by atoms with Gasteiger partial charge in [-0.15, -0.1) is 0 Å². The summed E-state index contributed by atoms with van der Waals surface area (Å²) in [5, 5.41) is 3.48. The Morgan fingerprint density at radius 2 is 1.85 bits per heavy atom. The minimum atomic E-state index is -0.439. The van der Waals surface area contributed by atoms with Gasteiger partial charge in [-0.3, -0.25) is 0 Å². The van der Waals surface area contributed by atoms with Crippen LogP contribution in [0.1, 0.15) is 39.2 Å². The number of nitrogens with one attached hydrogen (secondary N) is 1. The maximum atomic E-state index is 12.2. The maximum absolute atomic E-state index is 12.2. The molecule has 0 bridgehead atoms. The molecule has 0 radical (unpaired) electrons. The normalized spacial score (nSPS) is 16.2. The topological polar surface area (TPSA) is 57.2 Å². The SMILES string of the molecule is CN(C)C(=NCc1ccccc1)NCC1CCN(C(=O)OC(C)(C)C)CC1. The quantitative estimate of drug-likeness (QED) is 0.649. The Morgan fingerprint density at radius 1 is 1.22 bits per heavy atom. The van der Waals surface area contributed by atoms with Gasteiger partial charge in [-0.2, -0.15) is 0 Å². The zero-order valence-corrected chi connectivity index (χ0v) is 17.4. The summed E-state index contributed by atoms with van der Waals surface area (Å²) in [5.74, 6) is 1.43. The summed E-state index contributed by atoms with van der Waals surface area (Å²) in [5.41, 5.74) is 0.759. The smallest absolute Gasteiger partial charge is 0.410 e. The average Bonchev–Trinajstić information content (AvgIpc) is 2.61. The zero-order chi connectivity index (χ0) is 19.9. The van der Waals surface area contributed by atoms with Crippen molar-refractivity contribution in [3.05, 3.63) is 35.9 Å². The second-order valence-electron chi connectivity index (χ2n) is 8.31. The molecule has 1 aliphatic rings. The van der Waals surface area contributed by atoms with E-state index in [9.17, 15) is 4.79 Å². The van der Waals surface area contributed by atoms with Crippen molar-refractivity contribution in [3.63, 3.8) is 0 Å². The van der Waals surface area contributed by atoms with E-state index >= 15 is 0 Å². The zero-order valence-electron chi connectivity index (χ0n) is 17.4. The molecule has 1 N–H and O–H groups in total. The molecule has 0 atom stereocenters. The van der Waals surface area contributed by atoms with Gasteiger partial charge in [-0.1, -0.05) is 30.3 Å². The van der Waals surface area contributed by atoms with E-state index in [4.69, 9.17) is 9.73 Å². The predicted octanol–water partition coefficient (Wildman–Crippen LogP) is 3.34. The number of carbonyl (C=O) groups is 1. The molecule has 1 heterocycles. The number of ether oxygens (including phenoxy) is 1. The van der Waals surface area contributed by atoms with Crippen molar-refractivity contribution in [1.29, 1.82) is 0 Å². The van der Waals surface area contributed by atoms with E-state index in [1.807, 2.05) is 62.9 Å². The summed E-state index contributed by atoms with van der Waals surface area (Å²) in [6.07, 6.45) is 1.75. The molecule has 0 saturated carbocycles. The Hall–Kier alpha value is -2.24. The van der Waals surface area contributed by atoms with Crippen LogP contribution in [-0.2, 0) is 11.3 Å². The highest BCUT2D eigenvalue weighted by Gasteiger charge is 2.26. The second-order valence-corrected chi connectivity index (χ2v) is 8.31. The minimum Gasteiger partial charge on any atom is -0.444 e. The molecular weight excluding hydrogens is 340 g/mol. The van der Waals surface area contributed by atoms with Crippen molar-refractivity contribution < 1.29 is 9.53 Å². The molecule has 150 valence electrons. The lowest BCUT2D eigenvalue weighted by atomic mass is 9.97. The fraction of sp³-hybridized carbons (Fsp3) is 0.619. The number of aliphatic imine (C=N–C) groups is 1. The summed E-state index contributed by atoms with van der Waals surface area (Å²) in [6, 6.07) is 10.3. The Bertz CT molecular complexity index is 615. The molecule has 0 aliphatic carbocycles. The first-order valence-corrected chi connectivity index (χ1v) is 9.72. The Kier molecular flexibility index (Phi) is 7.51. The monoisotopic (exact) mass is 374 g/mol. The van der Waals surface area contributed by atoms with Gasteiger partial charge in [0.15, 0.2) is 5.96 Å². The molecule has 0 spiro atoms. The van der Waals surface area contributed by atoms with E-state index in [0.29, 0.717) is 12.5 Å². The number of carbonyl (C=O) groups excluding carboxylic acids is 1. The number of piperidine rings is 1. The number of benzene rings is 1. The van der Waals surface area contributed by atoms with Gasteiger partial charge < -0.3 is 19.9 Å². The molecule has 0 unspecified atom stereocenters. The van der Waals surface area contributed by atoms with Crippen LogP contribution in [0, 0.1) is 5.92 Å². The van der Waals surface area contributed by atoms with Crippen LogP contribution in [0.5, 0.6) is 0 Å². The van der Waals surface area contributed by atoms with Crippen molar-refractivity contribution in [1.82, 2.24) is 15.1 Å². The van der Waals surface area contributed by atoms with E-state index in [-0.39, 0.29) is 6.09 Å². The van der Waals surface area contributed by atoms with Crippen LogP contribution in [0.15, 0.2) is 35.3 Å². The number of likely N-dealkylation sites (tertiary alicyclic amines) is 1. The van der Waals surface area contributed by atoms with Gasteiger partial charge in [0.05, 0.1) is 6.54 Å². The lowest BCUT2D eigenvalue weighted by Crippen LogP contribution is -2.45. The number of guanidine groups is 1. The van der Waals surface area contributed by atoms with E-state index in [1.165, 1.54) is 5.56 Å². The average molecular weight is 375 g/mol. The second kappa shape index (κ2) is 9.62. The summed E-state index contributed by atoms with van der Waals surface area (Å²) < 4.78 is 5.46. The Morgan fingerprint density at radius 3 is 2.41 bits per heavy atom. The van der Waals surface area contributed by atoms with Gasteiger partial charge >= 0.3 is 6.09 Å². The first-order chi connectivity index (χ1) is 12.7. The molecule has 0 aromatic heterocycles. The summed E-state index contributed by atoms with van der Waals surface area (Å²) in [6.45, 7) is 8.74. The van der Waals surface area contributed by atoms with Gasteiger partial charge in [-0.05, 0) is 45.1 Å². The van der Waals surface area contributed by atoms with Crippen LogP contribution in [0.2, 0.25) is 0 Å². The highest BCUT2D eigenvalue weighted by molar-refractivity contribution is 5.79. The molecule has 1 saturated heterocycles. The standard InChI is InChI=1S/C21H34N4O2/c1-21(2,3)27-20(26)25-13-11-18(12-14-25)16-23-19(24(4)5)22-15-17-9-7-6-8-10-17/h6-10,18H,11-16H2,1-5H3,(H,22,23). The van der Waals surface area contributed by atoms with Crippen molar-refractivity contribution in [2.45, 2.75) is 45.8 Å². The molecule has 1 fully saturated rings. The summed E-state index contributed by atoms with van der Waals surface area (Å²) in [7, 11) is 4.00. The third kappa shape index (κ3) is 7.49. The van der Waals surface area contributed by atoms with Crippen molar-refractivity contribution in [2.24, 2.45) is 10.9 Å². The largest absolute Gasteiger partial charge is 0.444 e.